The summed E-state index contributed by atoms with van der Waals surface area (Å²) in [5.74, 6) is -0.312. The van der Waals surface area contributed by atoms with Crippen molar-refractivity contribution in [2.24, 2.45) is 11.8 Å². The highest BCUT2D eigenvalue weighted by Gasteiger charge is 2.25. The molecular weight excluding hydrogens is 480 g/mol. The number of esters is 2. The Morgan fingerprint density at radius 2 is 1.42 bits per heavy atom. The molecule has 2 atom stereocenters. The van der Waals surface area contributed by atoms with Crippen LogP contribution in [-0.2, 0) is 25.5 Å². The fourth-order valence-electron chi connectivity index (χ4n) is 4.92. The van der Waals surface area contributed by atoms with Crippen LogP contribution in [0.1, 0.15) is 95.6 Å². The first-order valence-corrected chi connectivity index (χ1v) is 14.3. The highest BCUT2D eigenvalue weighted by Crippen LogP contribution is 2.38. The fourth-order valence-corrected chi connectivity index (χ4v) is 4.92. The third kappa shape index (κ3) is 10.7. The standard InChI is InChI=1S/C32H48O6/c1-6-7-8-9-26-12-16-29(17-13-26)30-18-14-27(15-19-30)10-11-28(20-37-31(35)22(2)24(4)33)21-38-32(36)23(3)25(5)34/h12-13,16-17,24-25,27-28,30,33-34H,2-3,6-11,14-15,18-21H2,1,4-5H3. The van der Waals surface area contributed by atoms with Gasteiger partial charge in [0.25, 0.3) is 0 Å². The van der Waals surface area contributed by atoms with E-state index in [1.54, 1.807) is 0 Å². The van der Waals surface area contributed by atoms with E-state index in [0.717, 1.165) is 44.9 Å². The zero-order chi connectivity index (χ0) is 28.1. The van der Waals surface area contributed by atoms with Crippen LogP contribution in [0.25, 0.3) is 0 Å². The molecule has 212 valence electrons. The molecule has 0 amide bonds. The van der Waals surface area contributed by atoms with Crippen LogP contribution in [-0.4, -0.2) is 47.6 Å². The van der Waals surface area contributed by atoms with Gasteiger partial charge in [0.05, 0.1) is 36.6 Å². The molecule has 1 fully saturated rings. The minimum atomic E-state index is -0.986. The predicted octanol–water partition coefficient (Wildman–Crippen LogP) is 6.05. The van der Waals surface area contributed by atoms with Crippen molar-refractivity contribution in [3.63, 3.8) is 0 Å². The summed E-state index contributed by atoms with van der Waals surface area (Å²) in [6, 6.07) is 9.21. The van der Waals surface area contributed by atoms with Crippen molar-refractivity contribution in [3.8, 4) is 0 Å². The van der Waals surface area contributed by atoms with Crippen molar-refractivity contribution < 1.29 is 29.3 Å². The van der Waals surface area contributed by atoms with Crippen molar-refractivity contribution in [2.75, 3.05) is 13.2 Å². The second-order valence-electron chi connectivity index (χ2n) is 11.0. The lowest BCUT2D eigenvalue weighted by Crippen LogP contribution is -2.26. The smallest absolute Gasteiger partial charge is 0.336 e. The number of carbonyl (C=O) groups is 2. The van der Waals surface area contributed by atoms with Gasteiger partial charge in [-0.05, 0) is 88.2 Å². The van der Waals surface area contributed by atoms with Crippen LogP contribution in [0.5, 0.6) is 0 Å². The molecule has 1 aromatic rings. The first-order chi connectivity index (χ1) is 18.1. The molecule has 1 aromatic carbocycles. The highest BCUT2D eigenvalue weighted by molar-refractivity contribution is 5.89. The molecule has 0 aromatic heterocycles. The minimum absolute atomic E-state index is 0.00413. The van der Waals surface area contributed by atoms with Crippen molar-refractivity contribution in [3.05, 3.63) is 59.7 Å². The Morgan fingerprint density at radius 1 is 0.895 bits per heavy atom. The maximum Gasteiger partial charge on any atom is 0.336 e. The van der Waals surface area contributed by atoms with Gasteiger partial charge in [-0.2, -0.15) is 0 Å². The van der Waals surface area contributed by atoms with Crippen molar-refractivity contribution in [2.45, 2.75) is 103 Å². The van der Waals surface area contributed by atoms with Gasteiger partial charge >= 0.3 is 11.9 Å². The first kappa shape index (κ1) is 31.8. The summed E-state index contributed by atoms with van der Waals surface area (Å²) in [5, 5.41) is 19.2. The van der Waals surface area contributed by atoms with Crippen LogP contribution in [0.4, 0.5) is 0 Å². The van der Waals surface area contributed by atoms with Crippen molar-refractivity contribution >= 4 is 11.9 Å². The Labute approximate surface area is 229 Å². The molecule has 0 aliphatic heterocycles. The lowest BCUT2D eigenvalue weighted by molar-refractivity contribution is -0.145. The molecule has 6 nitrogen and oxygen atoms in total. The van der Waals surface area contributed by atoms with Crippen LogP contribution in [0, 0.1) is 11.8 Å². The molecule has 38 heavy (non-hydrogen) atoms. The number of aliphatic hydroxyl groups is 2. The van der Waals surface area contributed by atoms with E-state index in [4.69, 9.17) is 9.47 Å². The summed E-state index contributed by atoms with van der Waals surface area (Å²) in [5.41, 5.74) is 2.86. The number of aryl methyl sites for hydroxylation is 1. The van der Waals surface area contributed by atoms with E-state index in [1.165, 1.54) is 44.2 Å². The van der Waals surface area contributed by atoms with Gasteiger partial charge in [0, 0.05) is 5.92 Å². The molecule has 2 unspecified atom stereocenters. The molecule has 0 saturated heterocycles. The number of rotatable bonds is 16. The molecule has 0 bridgehead atoms. The van der Waals surface area contributed by atoms with E-state index in [9.17, 15) is 19.8 Å². The second kappa shape index (κ2) is 16.5. The maximum absolute atomic E-state index is 12.2. The summed E-state index contributed by atoms with van der Waals surface area (Å²) in [6.45, 7) is 12.4. The number of carbonyl (C=O) groups excluding carboxylic acids is 2. The van der Waals surface area contributed by atoms with Gasteiger partial charge in [0.2, 0.25) is 0 Å². The zero-order valence-electron chi connectivity index (χ0n) is 23.6. The molecule has 1 saturated carbocycles. The molecule has 1 aliphatic rings. The van der Waals surface area contributed by atoms with Gasteiger partial charge in [0.15, 0.2) is 0 Å². The molecule has 0 radical (unpaired) electrons. The Morgan fingerprint density at radius 3 is 1.89 bits per heavy atom. The highest BCUT2D eigenvalue weighted by atomic mass is 16.5. The quantitative estimate of drug-likeness (QED) is 0.154. The van der Waals surface area contributed by atoms with Crippen LogP contribution >= 0.6 is 0 Å². The van der Waals surface area contributed by atoms with Gasteiger partial charge in [-0.15, -0.1) is 0 Å². The molecular formula is C32H48O6. The molecule has 2 rings (SSSR count). The number of hydrogen-bond donors (Lipinski definition) is 2. The molecule has 0 spiro atoms. The van der Waals surface area contributed by atoms with Crippen molar-refractivity contribution in [1.82, 2.24) is 0 Å². The number of unbranched alkanes of at least 4 members (excludes halogenated alkanes) is 2. The van der Waals surface area contributed by atoms with E-state index in [0.29, 0.717) is 11.8 Å². The van der Waals surface area contributed by atoms with E-state index >= 15 is 0 Å². The average Bonchev–Trinajstić information content (AvgIpc) is 2.92. The number of ether oxygens (including phenoxy) is 2. The summed E-state index contributed by atoms with van der Waals surface area (Å²) in [6.07, 6.45) is 9.29. The normalized spacial score (nSPS) is 19.7. The Bertz CT molecular complexity index is 857. The van der Waals surface area contributed by atoms with E-state index in [1.807, 2.05) is 0 Å². The van der Waals surface area contributed by atoms with Crippen LogP contribution in [0.2, 0.25) is 0 Å². The van der Waals surface area contributed by atoms with Gasteiger partial charge in [0.1, 0.15) is 0 Å². The molecule has 0 heterocycles. The largest absolute Gasteiger partial charge is 0.462 e. The minimum Gasteiger partial charge on any atom is -0.462 e. The Balaban J connectivity index is 1.85. The molecule has 6 heteroatoms. The first-order valence-electron chi connectivity index (χ1n) is 14.3. The van der Waals surface area contributed by atoms with Gasteiger partial charge in [-0.3, -0.25) is 0 Å². The van der Waals surface area contributed by atoms with E-state index in [-0.39, 0.29) is 30.3 Å². The molecule has 2 N–H and O–H groups in total. The SMILES string of the molecule is C=C(C(=O)OCC(CCC1CCC(c2ccc(CCCCC)cc2)CC1)COC(=O)C(=C)C(C)O)C(C)O. The monoisotopic (exact) mass is 528 g/mol. The summed E-state index contributed by atoms with van der Waals surface area (Å²) >= 11 is 0. The lowest BCUT2D eigenvalue weighted by atomic mass is 9.76. The van der Waals surface area contributed by atoms with E-state index < -0.39 is 24.1 Å². The molecule has 1 aliphatic carbocycles. The average molecular weight is 529 g/mol. The summed E-state index contributed by atoms with van der Waals surface area (Å²) < 4.78 is 10.7. The van der Waals surface area contributed by atoms with Crippen LogP contribution in [0.3, 0.4) is 0 Å². The third-order valence-corrected chi connectivity index (χ3v) is 7.78. The third-order valence-electron chi connectivity index (χ3n) is 7.78. The number of benzene rings is 1. The topological polar surface area (TPSA) is 93.1 Å². The fraction of sp³-hybridized carbons (Fsp3) is 0.625. The second-order valence-corrected chi connectivity index (χ2v) is 11.0. The number of hydrogen-bond acceptors (Lipinski definition) is 6. The summed E-state index contributed by atoms with van der Waals surface area (Å²) in [7, 11) is 0. The number of aliphatic hydroxyl groups excluding tert-OH is 2. The van der Waals surface area contributed by atoms with Crippen LogP contribution in [0.15, 0.2) is 48.6 Å². The van der Waals surface area contributed by atoms with Gasteiger partial charge < -0.3 is 19.7 Å². The van der Waals surface area contributed by atoms with Gasteiger partial charge in [-0.1, -0.05) is 57.2 Å². The maximum atomic E-state index is 12.2. The Hall–Kier alpha value is -2.44. The predicted molar refractivity (Wildman–Crippen MR) is 151 cm³/mol. The lowest BCUT2D eigenvalue weighted by Gasteiger charge is -2.30. The van der Waals surface area contributed by atoms with Crippen LogP contribution < -0.4 is 0 Å². The summed E-state index contributed by atoms with van der Waals surface area (Å²) in [4.78, 5) is 24.3. The van der Waals surface area contributed by atoms with Gasteiger partial charge in [-0.25, -0.2) is 9.59 Å². The van der Waals surface area contributed by atoms with Crippen molar-refractivity contribution in [1.29, 1.82) is 0 Å². The van der Waals surface area contributed by atoms with E-state index in [2.05, 4.69) is 44.3 Å². The zero-order valence-corrected chi connectivity index (χ0v) is 23.6. The Kier molecular flexibility index (Phi) is 13.8.